The van der Waals surface area contributed by atoms with Crippen LogP contribution in [0.25, 0.3) is 105 Å². The molecule has 296 valence electrons. The molecule has 2 aliphatic carbocycles. The maximum absolute atomic E-state index is 7.47. The van der Waals surface area contributed by atoms with E-state index in [1.54, 1.807) is 6.07 Å². The lowest BCUT2D eigenvalue weighted by Crippen LogP contribution is -2.25. The normalized spacial score (nSPS) is 12.8. The van der Waals surface area contributed by atoms with Gasteiger partial charge in [0.15, 0.2) is 23.2 Å². The summed E-state index contributed by atoms with van der Waals surface area (Å²) >= 11 is 0. The van der Waals surface area contributed by atoms with Crippen LogP contribution in [0.5, 0.6) is 0 Å². The molecule has 2 aliphatic rings. The Labute approximate surface area is 369 Å². The average Bonchev–Trinajstić information content (AvgIpc) is 4.00. The molecule has 13 rings (SSSR count). The van der Waals surface area contributed by atoms with E-state index < -0.39 is 0 Å². The highest BCUT2D eigenvalue weighted by atomic mass is 16.3. The third-order valence-electron chi connectivity index (χ3n) is 13.2. The molecule has 0 aliphatic heterocycles. The topological polar surface area (TPSA) is 56.2 Å². The zero-order valence-electron chi connectivity index (χ0n) is 34.3. The van der Waals surface area contributed by atoms with Crippen LogP contribution in [0.4, 0.5) is 5.69 Å². The first-order valence-electron chi connectivity index (χ1n) is 21.5. The number of nitrogens with zero attached hydrogens (tertiary/aromatic N) is 4. The smallest absolute Gasteiger partial charge is 0.188 e. The van der Waals surface area contributed by atoms with Crippen LogP contribution >= 0.6 is 0 Å². The predicted molar refractivity (Wildman–Crippen MR) is 257 cm³/mol. The van der Waals surface area contributed by atoms with Gasteiger partial charge in [-0.2, -0.15) is 0 Å². The highest BCUT2D eigenvalue weighted by molar-refractivity contribution is 6.07. The Morgan fingerprint density at radius 1 is 0.359 bits per heavy atom. The van der Waals surface area contributed by atoms with Crippen molar-refractivity contribution in [1.29, 1.82) is 0 Å². The van der Waals surface area contributed by atoms with Gasteiger partial charge in [0.2, 0.25) is 0 Å². The first-order chi connectivity index (χ1) is 31.7. The molecule has 0 amide bonds. The van der Waals surface area contributed by atoms with Crippen LogP contribution in [0.3, 0.4) is 0 Å². The molecule has 5 heteroatoms. The van der Waals surface area contributed by atoms with Crippen molar-refractivity contribution in [3.63, 3.8) is 0 Å². The van der Waals surface area contributed by atoms with E-state index in [0.29, 0.717) is 28.7 Å². The molecule has 9 aromatic carbocycles. The molecule has 0 fully saturated rings. The summed E-state index contributed by atoms with van der Waals surface area (Å²) in [5.41, 5.74) is 19.5. The number of furan rings is 1. The maximum atomic E-state index is 7.47. The van der Waals surface area contributed by atoms with E-state index in [2.05, 4.69) is 144 Å². The standard InChI is InChI=1S/C59H34N4O/c1-60-42-31-33-53-48(35-42)46-32-30-41(34-54(46)64-53)58-62-56(39-12-3-2-4-13-39)61-57(63-58)40-28-24-37(25-29-40)36-22-26-38(27-23-36)43-17-11-21-52-55(43)47-16-7-10-20-51(47)59(52)49-18-8-5-14-44(49)45-15-6-9-19-50(45)59/h2-35H. The quantitative estimate of drug-likeness (QED) is 0.162. The summed E-state index contributed by atoms with van der Waals surface area (Å²) in [5, 5.41) is 1.86. The second-order valence-electron chi connectivity index (χ2n) is 16.5. The van der Waals surface area contributed by atoms with Crippen molar-refractivity contribution in [2.45, 2.75) is 5.41 Å². The number of hydrogen-bond acceptors (Lipinski definition) is 4. The number of benzene rings is 9. The van der Waals surface area contributed by atoms with E-state index in [4.69, 9.17) is 25.9 Å². The molecule has 0 saturated heterocycles. The molecular formula is C59H34N4O. The molecule has 0 unspecified atom stereocenters. The van der Waals surface area contributed by atoms with Crippen molar-refractivity contribution in [1.82, 2.24) is 15.0 Å². The van der Waals surface area contributed by atoms with E-state index in [-0.39, 0.29) is 5.41 Å². The first kappa shape index (κ1) is 36.0. The van der Waals surface area contributed by atoms with Gasteiger partial charge in [-0.15, -0.1) is 0 Å². The van der Waals surface area contributed by atoms with Crippen molar-refractivity contribution >= 4 is 27.6 Å². The molecule has 1 spiro atoms. The van der Waals surface area contributed by atoms with Crippen LogP contribution in [-0.2, 0) is 5.41 Å². The second kappa shape index (κ2) is 13.9. The van der Waals surface area contributed by atoms with Gasteiger partial charge in [-0.25, -0.2) is 19.8 Å². The number of aromatic nitrogens is 3. The van der Waals surface area contributed by atoms with Crippen LogP contribution < -0.4 is 0 Å². The Balaban J connectivity index is 0.859. The van der Waals surface area contributed by atoms with Crippen LogP contribution in [0.1, 0.15) is 22.3 Å². The third kappa shape index (κ3) is 5.27. The highest BCUT2D eigenvalue weighted by Crippen LogP contribution is 2.64. The van der Waals surface area contributed by atoms with Gasteiger partial charge < -0.3 is 4.42 Å². The Hall–Kier alpha value is -8.72. The lowest BCUT2D eigenvalue weighted by atomic mass is 9.70. The summed E-state index contributed by atoms with van der Waals surface area (Å²) < 4.78 is 6.23. The molecule has 0 N–H and O–H groups in total. The Morgan fingerprint density at radius 2 is 0.859 bits per heavy atom. The van der Waals surface area contributed by atoms with Gasteiger partial charge in [0, 0.05) is 27.5 Å². The molecule has 64 heavy (non-hydrogen) atoms. The van der Waals surface area contributed by atoms with Gasteiger partial charge in [-0.05, 0) is 91.0 Å². The second-order valence-corrected chi connectivity index (χ2v) is 16.5. The van der Waals surface area contributed by atoms with Crippen molar-refractivity contribution < 1.29 is 4.42 Å². The molecule has 5 nitrogen and oxygen atoms in total. The summed E-state index contributed by atoms with van der Waals surface area (Å²) in [6.07, 6.45) is 0. The van der Waals surface area contributed by atoms with E-state index in [1.807, 2.05) is 60.7 Å². The van der Waals surface area contributed by atoms with Crippen molar-refractivity contribution in [3.8, 4) is 78.7 Å². The van der Waals surface area contributed by atoms with Crippen molar-refractivity contribution in [3.05, 3.63) is 240 Å². The van der Waals surface area contributed by atoms with Gasteiger partial charge in [0.1, 0.15) is 11.2 Å². The van der Waals surface area contributed by atoms with Gasteiger partial charge >= 0.3 is 0 Å². The molecule has 11 aromatic rings. The molecule has 0 saturated carbocycles. The average molecular weight is 815 g/mol. The zero-order valence-corrected chi connectivity index (χ0v) is 34.3. The number of hydrogen-bond donors (Lipinski definition) is 0. The largest absolute Gasteiger partial charge is 0.456 e. The molecular weight excluding hydrogens is 781 g/mol. The Kier molecular flexibility index (Phi) is 7.82. The van der Waals surface area contributed by atoms with Gasteiger partial charge in [0.05, 0.1) is 12.0 Å². The maximum Gasteiger partial charge on any atom is 0.188 e. The fourth-order valence-electron chi connectivity index (χ4n) is 10.4. The van der Waals surface area contributed by atoms with Crippen LogP contribution in [0, 0.1) is 6.57 Å². The first-order valence-corrected chi connectivity index (χ1v) is 21.5. The van der Waals surface area contributed by atoms with Crippen LogP contribution in [0.15, 0.2) is 211 Å². The van der Waals surface area contributed by atoms with Gasteiger partial charge in [-0.1, -0.05) is 182 Å². The monoisotopic (exact) mass is 814 g/mol. The summed E-state index contributed by atoms with van der Waals surface area (Å²) in [4.78, 5) is 18.6. The van der Waals surface area contributed by atoms with Gasteiger partial charge in [-0.3, -0.25) is 0 Å². The van der Waals surface area contributed by atoms with E-state index in [1.165, 1.54) is 55.6 Å². The summed E-state index contributed by atoms with van der Waals surface area (Å²) in [6, 6.07) is 72.7. The summed E-state index contributed by atoms with van der Waals surface area (Å²) in [5.74, 6) is 1.73. The number of fused-ring (bicyclic) bond motifs is 13. The minimum atomic E-state index is -0.370. The number of rotatable bonds is 5. The van der Waals surface area contributed by atoms with Gasteiger partial charge in [0.25, 0.3) is 0 Å². The summed E-state index contributed by atoms with van der Waals surface area (Å²) in [6.45, 7) is 7.47. The SMILES string of the molecule is [C-]#[N+]c1ccc2oc3cc(-c4nc(-c5ccccc5)nc(-c5ccc(-c6ccc(-c7cccc8c7-c7ccccc7C87c8ccccc8-c8ccccc87)cc6)cc5)n4)ccc3c2c1. The molecule has 2 heterocycles. The molecule has 0 radical (unpaired) electrons. The lowest BCUT2D eigenvalue weighted by molar-refractivity contribution is 0.669. The molecule has 2 aromatic heterocycles. The van der Waals surface area contributed by atoms with Crippen molar-refractivity contribution in [2.75, 3.05) is 0 Å². The third-order valence-corrected chi connectivity index (χ3v) is 13.2. The van der Waals surface area contributed by atoms with E-state index in [0.717, 1.165) is 44.2 Å². The highest BCUT2D eigenvalue weighted by Gasteiger charge is 2.51. The Morgan fingerprint density at radius 3 is 1.52 bits per heavy atom. The summed E-state index contributed by atoms with van der Waals surface area (Å²) in [7, 11) is 0. The van der Waals surface area contributed by atoms with Crippen LogP contribution in [0.2, 0.25) is 0 Å². The minimum Gasteiger partial charge on any atom is -0.456 e. The fraction of sp³-hybridized carbons (Fsp3) is 0.0169. The van der Waals surface area contributed by atoms with Crippen molar-refractivity contribution in [2.24, 2.45) is 0 Å². The minimum absolute atomic E-state index is 0.370. The van der Waals surface area contributed by atoms with E-state index in [9.17, 15) is 0 Å². The zero-order chi connectivity index (χ0) is 42.4. The van der Waals surface area contributed by atoms with Crippen LogP contribution in [-0.4, -0.2) is 15.0 Å². The van der Waals surface area contributed by atoms with E-state index >= 15 is 0 Å². The molecule has 0 atom stereocenters. The fourth-order valence-corrected chi connectivity index (χ4v) is 10.4. The predicted octanol–water partition coefficient (Wildman–Crippen LogP) is 15.0. The lowest BCUT2D eigenvalue weighted by Gasteiger charge is -2.30. The Bertz CT molecular complexity index is 3680. The molecule has 0 bridgehead atoms.